The molecule has 3 rings (SSSR count). The number of hydrogen-bond donors (Lipinski definition) is 1. The van der Waals surface area contributed by atoms with Crippen molar-refractivity contribution < 1.29 is 0 Å². The normalized spacial score (nSPS) is 10.9. The van der Waals surface area contributed by atoms with Gasteiger partial charge < -0.3 is 5.73 Å². The fraction of sp³-hybridized carbons (Fsp3) is 0. The largest absolute Gasteiger partial charge is 0.397 e. The third-order valence-corrected chi connectivity index (χ3v) is 4.24. The van der Waals surface area contributed by atoms with Crippen LogP contribution in [0.15, 0.2) is 35.7 Å². The molecule has 4 heteroatoms. The molecule has 0 unspecified atom stereocenters. The first kappa shape index (κ1) is 8.88. The molecule has 0 aliphatic heterocycles. The molecule has 0 saturated heterocycles. The van der Waals surface area contributed by atoms with Crippen LogP contribution >= 0.6 is 22.9 Å². The number of aromatic nitrogens is 1. The van der Waals surface area contributed by atoms with Crippen LogP contribution in [-0.2, 0) is 0 Å². The van der Waals surface area contributed by atoms with E-state index in [0.717, 1.165) is 22.3 Å². The van der Waals surface area contributed by atoms with Gasteiger partial charge >= 0.3 is 0 Å². The molecule has 0 atom stereocenters. The summed E-state index contributed by atoms with van der Waals surface area (Å²) in [5.41, 5.74) is 8.91. The number of benzene rings is 1. The maximum absolute atomic E-state index is 5.94. The molecule has 2 N–H and O–H groups in total. The van der Waals surface area contributed by atoms with E-state index in [4.69, 9.17) is 5.73 Å². The number of nitrogens with two attached hydrogens (primary N) is 1. The summed E-state index contributed by atoms with van der Waals surface area (Å²) in [6.45, 7) is 0. The van der Waals surface area contributed by atoms with Crippen LogP contribution < -0.4 is 5.73 Å². The molecule has 2 heterocycles. The number of fused-ring (bicyclic) bond motifs is 1. The summed E-state index contributed by atoms with van der Waals surface area (Å²) in [6.07, 6.45) is 0. The molecule has 15 heavy (non-hydrogen) atoms. The maximum Gasteiger partial charge on any atom is 0.110 e. The molecule has 0 aliphatic rings. The highest BCUT2D eigenvalue weighted by Crippen LogP contribution is 2.38. The molecule has 2 nitrogen and oxygen atoms in total. The van der Waals surface area contributed by atoms with Gasteiger partial charge in [0.25, 0.3) is 0 Å². The van der Waals surface area contributed by atoms with Crippen molar-refractivity contribution in [3.05, 3.63) is 35.7 Å². The predicted molar refractivity (Wildman–Crippen MR) is 67.3 cm³/mol. The van der Waals surface area contributed by atoms with Crippen LogP contribution in [0.2, 0.25) is 0 Å². The van der Waals surface area contributed by atoms with Gasteiger partial charge in [-0.25, -0.2) is 0 Å². The molecule has 3 aromatic rings. The van der Waals surface area contributed by atoms with Crippen molar-refractivity contribution in [1.82, 2.24) is 4.37 Å². The Morgan fingerprint density at radius 3 is 2.73 bits per heavy atom. The van der Waals surface area contributed by atoms with Crippen molar-refractivity contribution >= 4 is 38.0 Å². The van der Waals surface area contributed by atoms with Gasteiger partial charge in [0.05, 0.1) is 16.8 Å². The van der Waals surface area contributed by atoms with Crippen molar-refractivity contribution in [2.75, 3.05) is 5.73 Å². The minimum Gasteiger partial charge on any atom is -0.397 e. The molecule has 0 bridgehead atoms. The first-order chi connectivity index (χ1) is 7.36. The highest BCUT2D eigenvalue weighted by atomic mass is 32.2. The summed E-state index contributed by atoms with van der Waals surface area (Å²) in [6, 6.07) is 10.2. The van der Waals surface area contributed by atoms with Crippen LogP contribution in [0.25, 0.3) is 20.7 Å². The lowest BCUT2D eigenvalue weighted by molar-refractivity contribution is 1.54. The summed E-state index contributed by atoms with van der Waals surface area (Å²) < 4.78 is 5.66. The van der Waals surface area contributed by atoms with Gasteiger partial charge in [-0.15, -0.1) is 11.3 Å². The van der Waals surface area contributed by atoms with Gasteiger partial charge in [-0.05, 0) is 11.5 Å². The smallest absolute Gasteiger partial charge is 0.110 e. The maximum atomic E-state index is 5.94. The molecule has 1 aromatic carbocycles. The fourth-order valence-corrected chi connectivity index (χ4v) is 3.37. The second-order valence-corrected chi connectivity index (χ2v) is 5.16. The van der Waals surface area contributed by atoms with Crippen LogP contribution in [0.1, 0.15) is 0 Å². The minimum atomic E-state index is 0.836. The number of anilines is 1. The Balaban J connectivity index is 2.31. The molecule has 0 spiro atoms. The first-order valence-electron chi connectivity index (χ1n) is 4.54. The standard InChI is InChI=1S/C11H8N2S2/c12-8-6-14-11-9(8)10(13-15-11)7-4-2-1-3-5-7/h1-6H,12H2. The number of rotatable bonds is 1. The van der Waals surface area contributed by atoms with Gasteiger partial charge in [-0.3, -0.25) is 0 Å². The summed E-state index contributed by atoms with van der Waals surface area (Å²) in [5, 5.41) is 3.09. The van der Waals surface area contributed by atoms with E-state index in [1.165, 1.54) is 15.5 Å². The summed E-state index contributed by atoms with van der Waals surface area (Å²) in [7, 11) is 0. The highest BCUT2D eigenvalue weighted by molar-refractivity contribution is 7.35. The predicted octanol–water partition coefficient (Wildman–Crippen LogP) is 3.61. The Bertz CT molecular complexity index is 595. The number of thiophene rings is 1. The van der Waals surface area contributed by atoms with Gasteiger partial charge in [0, 0.05) is 10.9 Å². The molecule has 74 valence electrons. The Kier molecular flexibility index (Phi) is 1.97. The first-order valence-corrected chi connectivity index (χ1v) is 6.19. The Labute approximate surface area is 95.2 Å². The second kappa shape index (κ2) is 3.32. The average molecular weight is 232 g/mol. The SMILES string of the molecule is Nc1csc2snc(-c3ccccc3)c12. The summed E-state index contributed by atoms with van der Waals surface area (Å²) in [5.74, 6) is 0. The van der Waals surface area contributed by atoms with Crippen LogP contribution in [0.4, 0.5) is 5.69 Å². The Hall–Kier alpha value is -1.39. The lowest BCUT2D eigenvalue weighted by atomic mass is 10.1. The van der Waals surface area contributed by atoms with Crippen LogP contribution in [0.3, 0.4) is 0 Å². The lowest BCUT2D eigenvalue weighted by Crippen LogP contribution is -1.82. The molecule has 0 radical (unpaired) electrons. The number of hydrogen-bond acceptors (Lipinski definition) is 4. The van der Waals surface area contributed by atoms with Gasteiger partial charge in [0.15, 0.2) is 0 Å². The van der Waals surface area contributed by atoms with E-state index in [-0.39, 0.29) is 0 Å². The van der Waals surface area contributed by atoms with Gasteiger partial charge in [0.2, 0.25) is 0 Å². The molecular weight excluding hydrogens is 224 g/mol. The van der Waals surface area contributed by atoms with Crippen molar-refractivity contribution in [2.45, 2.75) is 0 Å². The number of nitrogen functional groups attached to an aromatic ring is 1. The average Bonchev–Trinajstić information content (AvgIpc) is 2.84. The van der Waals surface area contributed by atoms with Gasteiger partial charge in [0.1, 0.15) is 4.01 Å². The molecular formula is C11H8N2S2. The molecule has 0 fully saturated rings. The van der Waals surface area contributed by atoms with Gasteiger partial charge in [-0.2, -0.15) is 4.37 Å². The lowest BCUT2D eigenvalue weighted by Gasteiger charge is -1.96. The van der Waals surface area contributed by atoms with E-state index >= 15 is 0 Å². The summed E-state index contributed by atoms with van der Waals surface area (Å²) in [4.78, 5) is 0. The topological polar surface area (TPSA) is 38.9 Å². The van der Waals surface area contributed by atoms with Gasteiger partial charge in [-0.1, -0.05) is 30.3 Å². The van der Waals surface area contributed by atoms with Crippen molar-refractivity contribution in [1.29, 1.82) is 0 Å². The van der Waals surface area contributed by atoms with Crippen molar-refractivity contribution in [3.63, 3.8) is 0 Å². The van der Waals surface area contributed by atoms with E-state index in [2.05, 4.69) is 16.5 Å². The Morgan fingerprint density at radius 1 is 1.13 bits per heavy atom. The van der Waals surface area contributed by atoms with Crippen LogP contribution in [-0.4, -0.2) is 4.37 Å². The van der Waals surface area contributed by atoms with E-state index in [1.807, 2.05) is 23.6 Å². The molecule has 0 amide bonds. The second-order valence-electron chi connectivity index (χ2n) is 3.25. The third-order valence-electron chi connectivity index (χ3n) is 2.29. The van der Waals surface area contributed by atoms with E-state index < -0.39 is 0 Å². The fourth-order valence-electron chi connectivity index (χ4n) is 1.58. The minimum absolute atomic E-state index is 0.836. The monoisotopic (exact) mass is 232 g/mol. The zero-order chi connectivity index (χ0) is 10.3. The van der Waals surface area contributed by atoms with E-state index in [1.54, 1.807) is 11.3 Å². The van der Waals surface area contributed by atoms with Crippen molar-refractivity contribution in [3.8, 4) is 11.3 Å². The number of nitrogens with zero attached hydrogens (tertiary/aromatic N) is 1. The third kappa shape index (κ3) is 1.33. The Morgan fingerprint density at radius 2 is 1.93 bits per heavy atom. The highest BCUT2D eigenvalue weighted by Gasteiger charge is 2.12. The zero-order valence-corrected chi connectivity index (χ0v) is 9.44. The van der Waals surface area contributed by atoms with Crippen LogP contribution in [0.5, 0.6) is 0 Å². The quantitative estimate of drug-likeness (QED) is 0.696. The molecule has 0 saturated carbocycles. The summed E-state index contributed by atoms with van der Waals surface area (Å²) >= 11 is 3.18. The van der Waals surface area contributed by atoms with E-state index in [0.29, 0.717) is 0 Å². The van der Waals surface area contributed by atoms with E-state index in [9.17, 15) is 0 Å². The zero-order valence-electron chi connectivity index (χ0n) is 7.81. The molecule has 0 aliphatic carbocycles. The molecule has 2 aromatic heterocycles. The van der Waals surface area contributed by atoms with Crippen molar-refractivity contribution in [2.24, 2.45) is 0 Å². The van der Waals surface area contributed by atoms with Crippen LogP contribution in [0, 0.1) is 0 Å².